The number of hydrogen-bond acceptors (Lipinski definition) is 5. The van der Waals surface area contributed by atoms with Gasteiger partial charge in [-0.2, -0.15) is 0 Å². The maximum absolute atomic E-state index is 12.8. The van der Waals surface area contributed by atoms with E-state index in [0.29, 0.717) is 17.9 Å². The van der Waals surface area contributed by atoms with E-state index in [2.05, 4.69) is 10.1 Å². The molecule has 1 atom stereocenters. The summed E-state index contributed by atoms with van der Waals surface area (Å²) in [6, 6.07) is 14.6. The quantitative estimate of drug-likeness (QED) is 0.682. The van der Waals surface area contributed by atoms with E-state index in [1.165, 1.54) is 4.90 Å². The molecule has 1 saturated heterocycles. The number of pyridine rings is 1. The molecule has 0 bridgehead atoms. The topological polar surface area (TPSA) is 79.5 Å². The highest BCUT2D eigenvalue weighted by Crippen LogP contribution is 2.22. The van der Waals surface area contributed by atoms with Crippen LogP contribution in [0.1, 0.15) is 11.3 Å². The average Bonchev–Trinajstić information content (AvgIpc) is 3.19. The van der Waals surface area contributed by atoms with Crippen LogP contribution in [0.2, 0.25) is 0 Å². The van der Waals surface area contributed by atoms with Crippen LogP contribution in [-0.4, -0.2) is 51.4 Å². The Labute approximate surface area is 162 Å². The van der Waals surface area contributed by atoms with E-state index in [1.54, 1.807) is 30.4 Å². The number of hydrogen-bond donors (Lipinski definition) is 0. The van der Waals surface area contributed by atoms with Crippen molar-refractivity contribution in [3.8, 4) is 11.3 Å². The Kier molecular flexibility index (Phi) is 4.89. The molecule has 2 aromatic heterocycles. The molecule has 3 heterocycles. The van der Waals surface area contributed by atoms with Crippen molar-refractivity contribution in [1.29, 1.82) is 0 Å². The fourth-order valence-electron chi connectivity index (χ4n) is 3.37. The van der Waals surface area contributed by atoms with E-state index in [-0.39, 0.29) is 24.9 Å². The van der Waals surface area contributed by atoms with Crippen molar-refractivity contribution in [2.75, 3.05) is 13.6 Å². The molecule has 1 fully saturated rings. The molecule has 1 aliphatic heterocycles. The minimum Gasteiger partial charge on any atom is -0.359 e. The summed E-state index contributed by atoms with van der Waals surface area (Å²) < 4.78 is 5.43. The summed E-state index contributed by atoms with van der Waals surface area (Å²) in [5.74, 6) is 0.348. The normalized spacial score (nSPS) is 17.2. The minimum absolute atomic E-state index is 0.0632. The lowest BCUT2D eigenvalue weighted by Crippen LogP contribution is -2.59. The molecule has 142 valence electrons. The smallest absolute Gasteiger partial charge is 0.245 e. The van der Waals surface area contributed by atoms with Gasteiger partial charge in [0.05, 0.1) is 13.1 Å². The summed E-state index contributed by atoms with van der Waals surface area (Å²) in [6.07, 6.45) is 3.84. The lowest BCUT2D eigenvalue weighted by atomic mass is 10.0. The van der Waals surface area contributed by atoms with Crippen LogP contribution in [0.5, 0.6) is 0 Å². The fourth-order valence-corrected chi connectivity index (χ4v) is 3.37. The molecule has 4 rings (SSSR count). The number of aromatic nitrogens is 2. The third-order valence-electron chi connectivity index (χ3n) is 4.84. The average molecular weight is 376 g/mol. The van der Waals surface area contributed by atoms with Crippen LogP contribution in [0.4, 0.5) is 0 Å². The molecule has 28 heavy (non-hydrogen) atoms. The number of piperazine rings is 1. The van der Waals surface area contributed by atoms with Gasteiger partial charge in [0.15, 0.2) is 5.76 Å². The fraction of sp³-hybridized carbons (Fsp3) is 0.238. The van der Waals surface area contributed by atoms with Gasteiger partial charge in [0.25, 0.3) is 0 Å². The molecule has 1 aliphatic rings. The molecule has 7 nitrogen and oxygen atoms in total. The van der Waals surface area contributed by atoms with E-state index in [1.807, 2.05) is 42.5 Å². The molecular weight excluding hydrogens is 356 g/mol. The van der Waals surface area contributed by atoms with Crippen molar-refractivity contribution in [1.82, 2.24) is 19.9 Å². The molecule has 0 saturated carbocycles. The molecule has 2 amide bonds. The van der Waals surface area contributed by atoms with Crippen LogP contribution in [0.25, 0.3) is 11.3 Å². The highest BCUT2D eigenvalue weighted by molar-refractivity contribution is 5.94. The summed E-state index contributed by atoms with van der Waals surface area (Å²) >= 11 is 0. The van der Waals surface area contributed by atoms with Crippen molar-refractivity contribution in [3.05, 3.63) is 72.2 Å². The lowest BCUT2D eigenvalue weighted by Gasteiger charge is -2.38. The summed E-state index contributed by atoms with van der Waals surface area (Å²) in [6.45, 7) is 0.261. The molecular formula is C21H20N4O3. The van der Waals surface area contributed by atoms with E-state index in [9.17, 15) is 9.59 Å². The van der Waals surface area contributed by atoms with E-state index >= 15 is 0 Å². The highest BCUT2D eigenvalue weighted by atomic mass is 16.5. The van der Waals surface area contributed by atoms with E-state index in [4.69, 9.17) is 4.52 Å². The maximum Gasteiger partial charge on any atom is 0.245 e. The van der Waals surface area contributed by atoms with Crippen molar-refractivity contribution < 1.29 is 14.1 Å². The van der Waals surface area contributed by atoms with E-state index < -0.39 is 6.04 Å². The van der Waals surface area contributed by atoms with Gasteiger partial charge in [0.1, 0.15) is 11.7 Å². The van der Waals surface area contributed by atoms with Crippen molar-refractivity contribution in [2.24, 2.45) is 0 Å². The molecule has 3 aromatic rings. The van der Waals surface area contributed by atoms with Gasteiger partial charge in [-0.3, -0.25) is 14.6 Å². The summed E-state index contributed by atoms with van der Waals surface area (Å²) in [4.78, 5) is 32.6. The summed E-state index contributed by atoms with van der Waals surface area (Å²) in [5.41, 5.74) is 2.48. The first-order valence-corrected chi connectivity index (χ1v) is 9.06. The van der Waals surface area contributed by atoms with Crippen LogP contribution in [0, 0.1) is 0 Å². The van der Waals surface area contributed by atoms with Gasteiger partial charge >= 0.3 is 0 Å². The zero-order valence-electron chi connectivity index (χ0n) is 15.5. The predicted octanol–water partition coefficient (Wildman–Crippen LogP) is 2.15. The minimum atomic E-state index is -0.569. The lowest BCUT2D eigenvalue weighted by molar-refractivity contribution is -0.155. The second-order valence-corrected chi connectivity index (χ2v) is 6.84. The number of carbonyl (C=O) groups is 2. The summed E-state index contributed by atoms with van der Waals surface area (Å²) in [5, 5.41) is 4.07. The first-order valence-electron chi connectivity index (χ1n) is 9.06. The van der Waals surface area contributed by atoms with Crippen LogP contribution in [0.3, 0.4) is 0 Å². The first-order chi connectivity index (χ1) is 13.6. The molecule has 0 N–H and O–H groups in total. The second kappa shape index (κ2) is 7.64. The van der Waals surface area contributed by atoms with Crippen LogP contribution in [0.15, 0.2) is 65.4 Å². The van der Waals surface area contributed by atoms with Gasteiger partial charge in [-0.05, 0) is 17.7 Å². The molecule has 1 aromatic carbocycles. The Bertz CT molecular complexity index is 972. The monoisotopic (exact) mass is 376 g/mol. The van der Waals surface area contributed by atoms with Gasteiger partial charge in [0.2, 0.25) is 11.8 Å². The van der Waals surface area contributed by atoms with Crippen molar-refractivity contribution in [3.63, 3.8) is 0 Å². The molecule has 7 heteroatoms. The van der Waals surface area contributed by atoms with Crippen molar-refractivity contribution in [2.45, 2.75) is 19.0 Å². The third kappa shape index (κ3) is 3.64. The number of benzene rings is 1. The molecule has 0 radical (unpaired) electrons. The Morgan fingerprint density at radius 3 is 2.71 bits per heavy atom. The molecule has 0 unspecified atom stereocenters. The van der Waals surface area contributed by atoms with Crippen LogP contribution >= 0.6 is 0 Å². The largest absolute Gasteiger partial charge is 0.359 e. The molecule has 0 spiro atoms. The van der Waals surface area contributed by atoms with Crippen molar-refractivity contribution >= 4 is 11.8 Å². The zero-order valence-corrected chi connectivity index (χ0v) is 15.5. The Morgan fingerprint density at radius 2 is 1.96 bits per heavy atom. The van der Waals surface area contributed by atoms with Gasteiger partial charge < -0.3 is 14.3 Å². The first kappa shape index (κ1) is 17.9. The Morgan fingerprint density at radius 1 is 1.14 bits per heavy atom. The van der Waals surface area contributed by atoms with Crippen LogP contribution < -0.4 is 0 Å². The Balaban J connectivity index is 1.57. The van der Waals surface area contributed by atoms with Gasteiger partial charge in [0, 0.05) is 37.5 Å². The second-order valence-electron chi connectivity index (χ2n) is 6.84. The predicted molar refractivity (Wildman–Crippen MR) is 102 cm³/mol. The number of likely N-dealkylation sites (N-methyl/N-ethyl adjacent to an activating group) is 1. The summed E-state index contributed by atoms with van der Waals surface area (Å²) in [7, 11) is 1.66. The number of nitrogens with zero attached hydrogens (tertiary/aromatic N) is 4. The Hall–Kier alpha value is -3.48. The van der Waals surface area contributed by atoms with E-state index in [0.717, 1.165) is 11.1 Å². The van der Waals surface area contributed by atoms with Gasteiger partial charge in [-0.25, -0.2) is 0 Å². The van der Waals surface area contributed by atoms with Gasteiger partial charge in [-0.15, -0.1) is 0 Å². The van der Waals surface area contributed by atoms with Crippen LogP contribution in [-0.2, 0) is 22.6 Å². The number of carbonyl (C=O) groups excluding carboxylic acids is 2. The standard InChI is InChI=1S/C21H20N4O3/c1-24-14-20(26)25(19(21(24)27)10-15-6-3-2-4-7-15)13-17-11-18(23-28-17)16-8-5-9-22-12-16/h2-9,11-12,19H,10,13-14H2,1H3/t19-/m0/s1. The highest BCUT2D eigenvalue weighted by Gasteiger charge is 2.38. The van der Waals surface area contributed by atoms with Gasteiger partial charge in [-0.1, -0.05) is 35.5 Å². The third-order valence-corrected chi connectivity index (χ3v) is 4.84. The number of amides is 2. The number of rotatable bonds is 5. The maximum atomic E-state index is 12.8. The molecule has 0 aliphatic carbocycles. The zero-order chi connectivity index (χ0) is 19.5. The SMILES string of the molecule is CN1CC(=O)N(Cc2cc(-c3cccnc3)no2)[C@@H](Cc2ccccc2)C1=O.